The van der Waals surface area contributed by atoms with E-state index in [1.165, 1.54) is 283 Å². The molecule has 0 amide bonds. The molecule has 0 aliphatic rings. The van der Waals surface area contributed by atoms with E-state index in [1.807, 2.05) is 0 Å². The van der Waals surface area contributed by atoms with Gasteiger partial charge in [-0.25, -0.2) is 0 Å². The molecule has 0 spiro atoms. The molecular formula is C79H142O5. The average Bonchev–Trinajstić information content (AvgIpc) is 3.51. The van der Waals surface area contributed by atoms with E-state index in [0.717, 1.165) is 77.0 Å². The van der Waals surface area contributed by atoms with E-state index >= 15 is 0 Å². The standard InChI is InChI=1S/C79H142O5/c1-3-5-7-9-11-13-15-17-19-21-23-25-27-29-31-33-35-37-38-39-40-42-43-45-47-49-51-53-55-57-59-61-63-65-67-69-71-73-78(81)83-76-77(75-80)84-79(82)74-72-70-68-66-64-62-60-58-56-54-52-50-48-46-44-41-36-34-32-30-28-26-24-22-20-18-16-14-12-10-8-6-4-2/h6,8,12,14,18,20-21,23-24,26,30,32,36,41,77,80H,3-5,7,9-11,13,15-17,19,22,25,27-29,31,33-35,37-40,42-76H2,1-2H3/b8-6-,14-12-,20-18-,23-21-,26-24-,32-30-,41-36-. The first-order chi connectivity index (χ1) is 41.6. The van der Waals surface area contributed by atoms with Crippen molar-refractivity contribution in [3.8, 4) is 0 Å². The van der Waals surface area contributed by atoms with Crippen molar-refractivity contribution < 1.29 is 24.2 Å². The van der Waals surface area contributed by atoms with Gasteiger partial charge in [-0.15, -0.1) is 0 Å². The molecule has 0 aliphatic heterocycles. The second-order valence-corrected chi connectivity index (χ2v) is 25.0. The second-order valence-electron chi connectivity index (χ2n) is 25.0. The zero-order chi connectivity index (χ0) is 60.5. The van der Waals surface area contributed by atoms with Crippen LogP contribution in [0.25, 0.3) is 0 Å². The van der Waals surface area contributed by atoms with Crippen LogP contribution in [0.15, 0.2) is 85.1 Å². The Morgan fingerprint density at radius 2 is 0.512 bits per heavy atom. The number of hydrogen-bond acceptors (Lipinski definition) is 5. The number of unbranched alkanes of at least 4 members (excludes halogenated alkanes) is 47. The van der Waals surface area contributed by atoms with Gasteiger partial charge in [0.05, 0.1) is 6.61 Å². The Bertz CT molecular complexity index is 1520. The van der Waals surface area contributed by atoms with Crippen LogP contribution < -0.4 is 0 Å². The third kappa shape index (κ3) is 71.6. The molecule has 0 aromatic heterocycles. The van der Waals surface area contributed by atoms with Gasteiger partial charge in [0.25, 0.3) is 0 Å². The van der Waals surface area contributed by atoms with Crippen LogP contribution in [0.4, 0.5) is 0 Å². The third-order valence-electron chi connectivity index (χ3n) is 16.7. The average molecular weight is 1170 g/mol. The highest BCUT2D eigenvalue weighted by Crippen LogP contribution is 2.19. The Labute approximate surface area is 524 Å². The summed E-state index contributed by atoms with van der Waals surface area (Å²) in [5, 5.41) is 9.71. The lowest BCUT2D eigenvalue weighted by Crippen LogP contribution is -2.28. The molecule has 0 saturated carbocycles. The first-order valence-electron chi connectivity index (χ1n) is 37.1. The van der Waals surface area contributed by atoms with Crippen molar-refractivity contribution in [1.29, 1.82) is 0 Å². The molecule has 84 heavy (non-hydrogen) atoms. The van der Waals surface area contributed by atoms with Crippen molar-refractivity contribution in [2.75, 3.05) is 13.2 Å². The Morgan fingerprint density at radius 3 is 0.786 bits per heavy atom. The van der Waals surface area contributed by atoms with E-state index in [1.54, 1.807) is 0 Å². The number of aliphatic hydroxyl groups excluding tert-OH is 1. The molecule has 1 atom stereocenters. The van der Waals surface area contributed by atoms with Crippen LogP contribution in [0.3, 0.4) is 0 Å². The number of allylic oxidation sites excluding steroid dienone is 14. The molecule has 0 aromatic carbocycles. The minimum absolute atomic E-state index is 0.0640. The SMILES string of the molecule is CC/C=C\C/C=C\C/C=C\C/C=C\C/C=C\C/C=C\CCCCCCCCCCCCCCCCC(=O)OC(CO)COC(=O)CCCCCCCCCCCCCCCCCCCCCCCCCCC/C=C\CCCCCCCCCC. The molecule has 488 valence electrons. The van der Waals surface area contributed by atoms with Crippen molar-refractivity contribution in [3.05, 3.63) is 85.1 Å². The second kappa shape index (κ2) is 74.3. The van der Waals surface area contributed by atoms with Crippen molar-refractivity contribution in [1.82, 2.24) is 0 Å². The van der Waals surface area contributed by atoms with E-state index in [2.05, 4.69) is 98.9 Å². The third-order valence-corrected chi connectivity index (χ3v) is 16.7. The predicted octanol–water partition coefficient (Wildman–Crippen LogP) is 26.0. The molecule has 5 nitrogen and oxygen atoms in total. The van der Waals surface area contributed by atoms with Crippen molar-refractivity contribution >= 4 is 11.9 Å². The molecular weight excluding hydrogens is 1030 g/mol. The molecule has 5 heteroatoms. The van der Waals surface area contributed by atoms with Gasteiger partial charge >= 0.3 is 11.9 Å². The van der Waals surface area contributed by atoms with Crippen molar-refractivity contribution in [2.24, 2.45) is 0 Å². The summed E-state index contributed by atoms with van der Waals surface area (Å²) >= 11 is 0. The molecule has 1 unspecified atom stereocenters. The largest absolute Gasteiger partial charge is 0.462 e. The smallest absolute Gasteiger partial charge is 0.306 e. The van der Waals surface area contributed by atoms with Crippen LogP contribution in [-0.4, -0.2) is 36.4 Å². The number of ether oxygens (including phenoxy) is 2. The zero-order valence-electron chi connectivity index (χ0n) is 56.2. The van der Waals surface area contributed by atoms with Gasteiger partial charge in [-0.1, -0.05) is 369 Å². The van der Waals surface area contributed by atoms with Gasteiger partial charge in [-0.05, 0) is 89.9 Å². The number of carbonyl (C=O) groups excluding carboxylic acids is 2. The fourth-order valence-electron chi connectivity index (χ4n) is 11.1. The topological polar surface area (TPSA) is 72.8 Å². The Kier molecular flexibility index (Phi) is 71.7. The summed E-state index contributed by atoms with van der Waals surface area (Å²) in [6.45, 7) is 4.07. The summed E-state index contributed by atoms with van der Waals surface area (Å²) < 4.78 is 10.8. The van der Waals surface area contributed by atoms with Gasteiger partial charge in [0, 0.05) is 12.8 Å². The van der Waals surface area contributed by atoms with E-state index in [9.17, 15) is 14.7 Å². The minimum atomic E-state index is -0.776. The van der Waals surface area contributed by atoms with Gasteiger partial charge < -0.3 is 14.6 Å². The molecule has 0 rings (SSSR count). The fraction of sp³-hybridized carbons (Fsp3) is 0.797. The number of hydrogen-bond donors (Lipinski definition) is 1. The number of esters is 2. The van der Waals surface area contributed by atoms with Crippen LogP contribution in [0.2, 0.25) is 0 Å². The van der Waals surface area contributed by atoms with E-state index in [4.69, 9.17) is 9.47 Å². The number of aliphatic hydroxyl groups is 1. The summed E-state index contributed by atoms with van der Waals surface area (Å²) in [4.78, 5) is 24.7. The molecule has 0 fully saturated rings. The summed E-state index contributed by atoms with van der Waals surface area (Å²) in [6, 6.07) is 0. The maximum absolute atomic E-state index is 12.4. The molecule has 0 aromatic rings. The predicted molar refractivity (Wildman–Crippen MR) is 371 cm³/mol. The van der Waals surface area contributed by atoms with Crippen molar-refractivity contribution in [2.45, 2.75) is 392 Å². The lowest BCUT2D eigenvalue weighted by molar-refractivity contribution is -0.161. The van der Waals surface area contributed by atoms with E-state index in [0.29, 0.717) is 12.8 Å². The highest BCUT2D eigenvalue weighted by atomic mass is 16.6. The Balaban J connectivity index is 3.41. The van der Waals surface area contributed by atoms with Crippen molar-refractivity contribution in [3.63, 3.8) is 0 Å². The molecule has 0 heterocycles. The van der Waals surface area contributed by atoms with Crippen LogP contribution in [0.1, 0.15) is 386 Å². The molecule has 0 bridgehead atoms. The van der Waals surface area contributed by atoms with Gasteiger partial charge in [0.1, 0.15) is 6.61 Å². The summed E-state index contributed by atoms with van der Waals surface area (Å²) in [6.07, 6.45) is 105. The molecule has 0 saturated heterocycles. The Morgan fingerprint density at radius 1 is 0.286 bits per heavy atom. The van der Waals surface area contributed by atoms with E-state index in [-0.39, 0.29) is 25.2 Å². The highest BCUT2D eigenvalue weighted by Gasteiger charge is 2.16. The molecule has 1 N–H and O–H groups in total. The van der Waals surface area contributed by atoms with Gasteiger partial charge in [-0.2, -0.15) is 0 Å². The number of rotatable bonds is 69. The quantitative estimate of drug-likeness (QED) is 0.0373. The van der Waals surface area contributed by atoms with Crippen LogP contribution >= 0.6 is 0 Å². The number of carbonyl (C=O) groups is 2. The lowest BCUT2D eigenvalue weighted by atomic mass is 10.0. The summed E-state index contributed by atoms with van der Waals surface area (Å²) in [5.41, 5.74) is 0. The van der Waals surface area contributed by atoms with Crippen LogP contribution in [0.5, 0.6) is 0 Å². The van der Waals surface area contributed by atoms with Gasteiger partial charge in [0.15, 0.2) is 6.10 Å². The Hall–Kier alpha value is -2.92. The molecule has 0 aliphatic carbocycles. The monoisotopic (exact) mass is 1170 g/mol. The first-order valence-corrected chi connectivity index (χ1v) is 37.1. The minimum Gasteiger partial charge on any atom is -0.462 e. The maximum atomic E-state index is 12.4. The summed E-state index contributed by atoms with van der Waals surface area (Å²) in [7, 11) is 0. The normalized spacial score (nSPS) is 12.7. The maximum Gasteiger partial charge on any atom is 0.306 e. The van der Waals surface area contributed by atoms with Crippen LogP contribution in [0, 0.1) is 0 Å². The lowest BCUT2D eigenvalue weighted by Gasteiger charge is -2.15. The van der Waals surface area contributed by atoms with E-state index < -0.39 is 6.10 Å². The first kappa shape index (κ1) is 81.1. The zero-order valence-corrected chi connectivity index (χ0v) is 56.2. The summed E-state index contributed by atoms with van der Waals surface area (Å²) in [5.74, 6) is -0.574. The van der Waals surface area contributed by atoms with Gasteiger partial charge in [0.2, 0.25) is 0 Å². The highest BCUT2D eigenvalue weighted by molar-refractivity contribution is 5.70. The fourth-order valence-corrected chi connectivity index (χ4v) is 11.1. The molecule has 0 radical (unpaired) electrons. The van der Waals surface area contributed by atoms with Gasteiger partial charge in [-0.3, -0.25) is 9.59 Å². The van der Waals surface area contributed by atoms with Crippen LogP contribution in [-0.2, 0) is 19.1 Å².